The Bertz CT molecular complexity index is 830. The van der Waals surface area contributed by atoms with Crippen molar-refractivity contribution in [1.29, 1.82) is 0 Å². The molecule has 0 aromatic heterocycles. The van der Waals surface area contributed by atoms with Crippen LogP contribution in [0.3, 0.4) is 0 Å². The van der Waals surface area contributed by atoms with Crippen LogP contribution in [0.5, 0.6) is 0 Å². The van der Waals surface area contributed by atoms with Crippen molar-refractivity contribution >= 4 is 35.0 Å². The highest BCUT2D eigenvalue weighted by Gasteiger charge is 2.40. The molecule has 0 radical (unpaired) electrons. The molecule has 7 heteroatoms. The van der Waals surface area contributed by atoms with Gasteiger partial charge in [0.1, 0.15) is 0 Å². The number of carbonyl (C=O) groups is 5. The molecule has 7 nitrogen and oxygen atoms in total. The molecule has 1 unspecified atom stereocenters. The summed E-state index contributed by atoms with van der Waals surface area (Å²) in [4.78, 5) is 60.9. The second-order valence-electron chi connectivity index (χ2n) is 7.47. The summed E-state index contributed by atoms with van der Waals surface area (Å²) in [6, 6.07) is 4.71. The summed E-state index contributed by atoms with van der Waals surface area (Å²) in [5.74, 6) is -1.77. The number of ketones is 2. The van der Waals surface area contributed by atoms with Gasteiger partial charge < -0.3 is 5.32 Å². The molecule has 0 saturated carbocycles. The number of nitrogens with one attached hydrogen (secondary N) is 2. The van der Waals surface area contributed by atoms with Gasteiger partial charge in [0.15, 0.2) is 11.6 Å². The number of hydrogen-bond acceptors (Lipinski definition) is 5. The fraction of sp³-hybridized carbons (Fsp3) is 0.476. The molecule has 28 heavy (non-hydrogen) atoms. The fourth-order valence-electron chi connectivity index (χ4n) is 3.28. The molecule has 1 saturated heterocycles. The van der Waals surface area contributed by atoms with Crippen LogP contribution in [0.25, 0.3) is 0 Å². The van der Waals surface area contributed by atoms with E-state index in [4.69, 9.17) is 0 Å². The normalized spacial score (nSPS) is 19.1. The second-order valence-corrected chi connectivity index (χ2v) is 7.47. The predicted octanol–water partition coefficient (Wildman–Crippen LogP) is 3.03. The summed E-state index contributed by atoms with van der Waals surface area (Å²) in [7, 11) is 0. The Morgan fingerprint density at radius 2 is 1.93 bits per heavy atom. The van der Waals surface area contributed by atoms with Crippen molar-refractivity contribution in [1.82, 2.24) is 5.32 Å². The van der Waals surface area contributed by atoms with E-state index in [1.807, 2.05) is 6.92 Å². The Morgan fingerprint density at radius 3 is 2.54 bits per heavy atom. The molecule has 2 rings (SSSR count). The molecule has 3 amide bonds. The summed E-state index contributed by atoms with van der Waals surface area (Å²) in [5, 5.41) is 4.98. The number of piperidine rings is 1. The molecule has 1 aliphatic rings. The molecule has 2 N–H and O–H groups in total. The van der Waals surface area contributed by atoms with E-state index in [-0.39, 0.29) is 53.8 Å². The van der Waals surface area contributed by atoms with Crippen LogP contribution in [-0.2, 0) is 14.4 Å². The molecule has 0 bridgehead atoms. The van der Waals surface area contributed by atoms with Gasteiger partial charge in [-0.25, -0.2) is 0 Å². The first-order valence-electron chi connectivity index (χ1n) is 9.49. The fourth-order valence-corrected chi connectivity index (χ4v) is 3.28. The summed E-state index contributed by atoms with van der Waals surface area (Å²) < 4.78 is 0. The van der Waals surface area contributed by atoms with Crippen LogP contribution in [0, 0.1) is 5.41 Å². The standard InChI is InChI=1S/C21H26N2O5/c1-4-5-9-17(26)22-15-8-6-7-14(19(15)13(2)24)16(25)12-21(3)11-10-18(27)23-20(21)28/h6-8H,4-5,9-12H2,1-3H3,(H,22,26)(H,23,27,28). The maximum Gasteiger partial charge on any atom is 0.232 e. The average Bonchev–Trinajstić information content (AvgIpc) is 2.63. The van der Waals surface area contributed by atoms with E-state index in [1.54, 1.807) is 19.1 Å². The van der Waals surface area contributed by atoms with Crippen LogP contribution < -0.4 is 10.6 Å². The van der Waals surface area contributed by atoms with Gasteiger partial charge in [-0.15, -0.1) is 0 Å². The maximum absolute atomic E-state index is 13.0. The predicted molar refractivity (Wildman–Crippen MR) is 104 cm³/mol. The molecular weight excluding hydrogens is 360 g/mol. The Kier molecular flexibility index (Phi) is 6.83. The first-order valence-corrected chi connectivity index (χ1v) is 9.49. The third kappa shape index (κ3) is 4.91. The van der Waals surface area contributed by atoms with Crippen molar-refractivity contribution in [3.63, 3.8) is 0 Å². The lowest BCUT2D eigenvalue weighted by molar-refractivity contribution is -0.141. The van der Waals surface area contributed by atoms with Gasteiger partial charge in [-0.05, 0) is 25.8 Å². The number of imide groups is 1. The van der Waals surface area contributed by atoms with Crippen molar-refractivity contribution in [3.8, 4) is 0 Å². The number of benzene rings is 1. The summed E-state index contributed by atoms with van der Waals surface area (Å²) in [6.07, 6.45) is 2.24. The molecule has 0 aliphatic carbocycles. The third-order valence-electron chi connectivity index (χ3n) is 5.00. The molecule has 150 valence electrons. The van der Waals surface area contributed by atoms with E-state index >= 15 is 0 Å². The van der Waals surface area contributed by atoms with Gasteiger partial charge >= 0.3 is 0 Å². The minimum absolute atomic E-state index is 0.125. The number of anilines is 1. The molecule has 1 fully saturated rings. The second kappa shape index (κ2) is 8.91. The molecule has 1 aromatic rings. The quantitative estimate of drug-likeness (QED) is 0.527. The Labute approximate surface area is 164 Å². The molecule has 1 heterocycles. The molecule has 1 atom stereocenters. The lowest BCUT2D eigenvalue weighted by atomic mass is 9.76. The maximum atomic E-state index is 13.0. The van der Waals surface area contributed by atoms with Gasteiger partial charge in [0.2, 0.25) is 17.7 Å². The van der Waals surface area contributed by atoms with Gasteiger partial charge in [0.05, 0.1) is 16.7 Å². The summed E-state index contributed by atoms with van der Waals surface area (Å²) in [5.41, 5.74) is -0.396. The van der Waals surface area contributed by atoms with Crippen molar-refractivity contribution in [2.45, 2.75) is 59.3 Å². The van der Waals surface area contributed by atoms with Gasteiger partial charge in [-0.3, -0.25) is 29.3 Å². The van der Waals surface area contributed by atoms with Crippen LogP contribution in [0.2, 0.25) is 0 Å². The van der Waals surface area contributed by atoms with Gasteiger partial charge in [-0.1, -0.05) is 32.4 Å². The first kappa shape index (κ1) is 21.5. The van der Waals surface area contributed by atoms with E-state index in [0.717, 1.165) is 12.8 Å². The highest BCUT2D eigenvalue weighted by Crippen LogP contribution is 2.33. The Morgan fingerprint density at radius 1 is 1.21 bits per heavy atom. The Hall–Kier alpha value is -2.83. The van der Waals surface area contributed by atoms with Crippen molar-refractivity contribution in [2.75, 3.05) is 5.32 Å². The summed E-state index contributed by atoms with van der Waals surface area (Å²) >= 11 is 0. The van der Waals surface area contributed by atoms with Gasteiger partial charge in [-0.2, -0.15) is 0 Å². The van der Waals surface area contributed by atoms with Crippen LogP contribution in [0.15, 0.2) is 18.2 Å². The minimum atomic E-state index is -1.01. The number of amides is 3. The minimum Gasteiger partial charge on any atom is -0.325 e. The number of hydrogen-bond donors (Lipinski definition) is 2. The van der Waals surface area contributed by atoms with E-state index in [2.05, 4.69) is 10.6 Å². The van der Waals surface area contributed by atoms with Crippen LogP contribution >= 0.6 is 0 Å². The topological polar surface area (TPSA) is 109 Å². The zero-order chi connectivity index (χ0) is 20.9. The summed E-state index contributed by atoms with van der Waals surface area (Å²) in [6.45, 7) is 4.95. The van der Waals surface area contributed by atoms with Crippen LogP contribution in [-0.4, -0.2) is 29.3 Å². The smallest absolute Gasteiger partial charge is 0.232 e. The lowest BCUT2D eigenvalue weighted by Gasteiger charge is -2.31. The largest absolute Gasteiger partial charge is 0.325 e. The highest BCUT2D eigenvalue weighted by molar-refractivity contribution is 6.14. The lowest BCUT2D eigenvalue weighted by Crippen LogP contribution is -2.48. The number of carbonyl (C=O) groups excluding carboxylic acids is 5. The SMILES string of the molecule is CCCCC(=O)Nc1cccc(C(=O)CC2(C)CCC(=O)NC2=O)c1C(C)=O. The third-order valence-corrected chi connectivity index (χ3v) is 5.00. The number of Topliss-reactive ketones (excluding diaryl/α,β-unsaturated/α-hetero) is 2. The van der Waals surface area contributed by atoms with Gasteiger partial charge in [0, 0.05) is 24.8 Å². The molecule has 0 spiro atoms. The highest BCUT2D eigenvalue weighted by atomic mass is 16.2. The number of rotatable bonds is 8. The van der Waals surface area contributed by atoms with E-state index in [1.165, 1.54) is 13.0 Å². The zero-order valence-electron chi connectivity index (χ0n) is 16.5. The molecular formula is C21H26N2O5. The van der Waals surface area contributed by atoms with E-state index in [9.17, 15) is 24.0 Å². The first-order chi connectivity index (χ1) is 13.2. The molecule has 1 aliphatic heterocycles. The van der Waals surface area contributed by atoms with Crippen molar-refractivity contribution in [3.05, 3.63) is 29.3 Å². The average molecular weight is 386 g/mol. The number of unbranched alkanes of at least 4 members (excludes halogenated alkanes) is 1. The molecule has 1 aromatic carbocycles. The van der Waals surface area contributed by atoms with E-state index < -0.39 is 11.3 Å². The van der Waals surface area contributed by atoms with Crippen LogP contribution in [0.4, 0.5) is 5.69 Å². The van der Waals surface area contributed by atoms with Crippen LogP contribution in [0.1, 0.15) is 80.0 Å². The Balaban J connectivity index is 2.29. The van der Waals surface area contributed by atoms with E-state index in [0.29, 0.717) is 12.1 Å². The monoisotopic (exact) mass is 386 g/mol. The van der Waals surface area contributed by atoms with Crippen molar-refractivity contribution < 1.29 is 24.0 Å². The zero-order valence-corrected chi connectivity index (χ0v) is 16.5. The van der Waals surface area contributed by atoms with Gasteiger partial charge in [0.25, 0.3) is 0 Å². The van der Waals surface area contributed by atoms with Crippen molar-refractivity contribution in [2.24, 2.45) is 5.41 Å².